The second-order valence-electron chi connectivity index (χ2n) is 2.65. The molecule has 0 unspecified atom stereocenters. The zero-order chi connectivity index (χ0) is 6.97. The fraction of sp³-hybridized carbons (Fsp3) is 0.833. The first-order valence-electron chi connectivity index (χ1n) is 3.46. The van der Waals surface area contributed by atoms with E-state index in [-0.39, 0.29) is 12.7 Å². The summed E-state index contributed by atoms with van der Waals surface area (Å²) in [5, 5.41) is 15.7. The Morgan fingerprint density at radius 2 is 2.60 bits per heavy atom. The van der Waals surface area contributed by atoms with Gasteiger partial charge < -0.3 is 15.3 Å². The summed E-state index contributed by atoms with van der Waals surface area (Å²) in [5.41, 5.74) is 0.787. The topological polar surface area (TPSA) is 53.9 Å². The van der Waals surface area contributed by atoms with E-state index in [0.717, 1.165) is 18.8 Å². The summed E-state index contributed by atoms with van der Waals surface area (Å²) in [4.78, 5) is 5.05. The second kappa shape index (κ2) is 2.21. The highest BCUT2D eigenvalue weighted by Crippen LogP contribution is 2.20. The van der Waals surface area contributed by atoms with Crippen LogP contribution in [0.1, 0.15) is 0 Å². The van der Waals surface area contributed by atoms with Gasteiger partial charge in [0.15, 0.2) is 0 Å². The Bertz CT molecular complexity index is 169. The van der Waals surface area contributed by atoms with Crippen molar-refractivity contribution >= 4 is 5.71 Å². The molecule has 2 N–H and O–H groups in total. The molecule has 4 nitrogen and oxygen atoms in total. The molecule has 2 heterocycles. The Morgan fingerprint density at radius 1 is 1.70 bits per heavy atom. The number of aliphatic hydroxyl groups is 1. The van der Waals surface area contributed by atoms with Crippen LogP contribution in [0.5, 0.6) is 0 Å². The van der Waals surface area contributed by atoms with Crippen molar-refractivity contribution in [2.45, 2.75) is 6.10 Å². The number of aliphatic hydroxyl groups excluding tert-OH is 1. The van der Waals surface area contributed by atoms with Crippen LogP contribution in [-0.2, 0) is 4.84 Å². The lowest BCUT2D eigenvalue weighted by molar-refractivity contribution is 0.0841. The van der Waals surface area contributed by atoms with Crippen LogP contribution in [0.15, 0.2) is 5.16 Å². The average molecular weight is 142 g/mol. The summed E-state index contributed by atoms with van der Waals surface area (Å²) in [6, 6.07) is 0. The minimum atomic E-state index is 0.0306. The van der Waals surface area contributed by atoms with Crippen molar-refractivity contribution in [1.29, 1.82) is 0 Å². The van der Waals surface area contributed by atoms with Gasteiger partial charge in [-0.1, -0.05) is 5.16 Å². The normalized spacial score (nSPS) is 37.1. The molecular formula is C6H10N2O2. The molecule has 0 saturated carbocycles. The largest absolute Gasteiger partial charge is 0.390 e. The van der Waals surface area contributed by atoms with Crippen molar-refractivity contribution in [3.63, 3.8) is 0 Å². The van der Waals surface area contributed by atoms with E-state index < -0.39 is 0 Å². The maximum Gasteiger partial charge on any atom is 0.149 e. The van der Waals surface area contributed by atoms with Crippen molar-refractivity contribution in [3.05, 3.63) is 0 Å². The number of nitrogens with zero attached hydrogens (tertiary/aromatic N) is 1. The molecule has 0 aromatic rings. The first-order chi connectivity index (χ1) is 4.92. The molecule has 0 aliphatic carbocycles. The maximum absolute atomic E-state index is 8.77. The predicted octanol–water partition coefficient (Wildman–Crippen LogP) is -1.05. The summed E-state index contributed by atoms with van der Waals surface area (Å²) in [7, 11) is 0. The Kier molecular flexibility index (Phi) is 1.35. The Hall–Kier alpha value is -0.610. The molecule has 0 aromatic carbocycles. The van der Waals surface area contributed by atoms with Gasteiger partial charge >= 0.3 is 0 Å². The summed E-state index contributed by atoms with van der Waals surface area (Å²) < 4.78 is 0. The summed E-state index contributed by atoms with van der Waals surface area (Å²) in [6.07, 6.45) is 0.183. The van der Waals surface area contributed by atoms with Crippen molar-refractivity contribution in [1.82, 2.24) is 5.32 Å². The monoisotopic (exact) mass is 142 g/mol. The van der Waals surface area contributed by atoms with Gasteiger partial charge in [0, 0.05) is 13.1 Å². The van der Waals surface area contributed by atoms with Crippen molar-refractivity contribution in [3.8, 4) is 0 Å². The number of hydrogen-bond donors (Lipinski definition) is 2. The molecule has 0 spiro atoms. The van der Waals surface area contributed by atoms with E-state index >= 15 is 0 Å². The summed E-state index contributed by atoms with van der Waals surface area (Å²) in [5.74, 6) is 0.324. The molecular weight excluding hydrogens is 132 g/mol. The number of hydrogen-bond acceptors (Lipinski definition) is 4. The van der Waals surface area contributed by atoms with Crippen LogP contribution in [0, 0.1) is 5.92 Å². The first-order valence-corrected chi connectivity index (χ1v) is 3.46. The van der Waals surface area contributed by atoms with Crippen molar-refractivity contribution in [2.24, 2.45) is 11.1 Å². The van der Waals surface area contributed by atoms with Gasteiger partial charge in [-0.2, -0.15) is 0 Å². The van der Waals surface area contributed by atoms with Gasteiger partial charge in [0.05, 0.1) is 18.2 Å². The van der Waals surface area contributed by atoms with Crippen molar-refractivity contribution < 1.29 is 9.94 Å². The van der Waals surface area contributed by atoms with E-state index in [1.54, 1.807) is 0 Å². The SMILES string of the molecule is OCC1=NO[C@@H]2CNC[C@H]12. The van der Waals surface area contributed by atoms with E-state index in [1.807, 2.05) is 0 Å². The average Bonchev–Trinajstić information content (AvgIpc) is 2.44. The summed E-state index contributed by atoms with van der Waals surface area (Å²) in [6.45, 7) is 1.78. The van der Waals surface area contributed by atoms with Gasteiger partial charge in [-0.25, -0.2) is 0 Å². The number of fused-ring (bicyclic) bond motifs is 1. The van der Waals surface area contributed by atoms with Crippen LogP contribution in [0.2, 0.25) is 0 Å². The molecule has 56 valence electrons. The van der Waals surface area contributed by atoms with Gasteiger partial charge in [-0.05, 0) is 0 Å². The minimum Gasteiger partial charge on any atom is -0.390 e. The van der Waals surface area contributed by atoms with E-state index in [4.69, 9.17) is 9.94 Å². The fourth-order valence-corrected chi connectivity index (χ4v) is 1.45. The third-order valence-electron chi connectivity index (χ3n) is 2.05. The molecule has 2 aliphatic rings. The van der Waals surface area contributed by atoms with Gasteiger partial charge in [-0.15, -0.1) is 0 Å². The highest BCUT2D eigenvalue weighted by molar-refractivity contribution is 5.89. The molecule has 0 aromatic heterocycles. The summed E-state index contributed by atoms with van der Waals surface area (Å²) >= 11 is 0. The van der Waals surface area contributed by atoms with E-state index in [2.05, 4.69) is 10.5 Å². The van der Waals surface area contributed by atoms with Gasteiger partial charge in [0.25, 0.3) is 0 Å². The van der Waals surface area contributed by atoms with Crippen LogP contribution in [0.25, 0.3) is 0 Å². The lowest BCUT2D eigenvalue weighted by Crippen LogP contribution is -2.23. The second-order valence-corrected chi connectivity index (χ2v) is 2.65. The number of rotatable bonds is 1. The lowest BCUT2D eigenvalue weighted by atomic mass is 10.0. The van der Waals surface area contributed by atoms with Crippen LogP contribution < -0.4 is 5.32 Å². The third-order valence-corrected chi connectivity index (χ3v) is 2.05. The zero-order valence-electron chi connectivity index (χ0n) is 5.58. The Labute approximate surface area is 58.9 Å². The van der Waals surface area contributed by atoms with Crippen LogP contribution in [-0.4, -0.2) is 36.6 Å². The minimum absolute atomic E-state index is 0.0306. The first kappa shape index (κ1) is 6.12. The molecule has 4 heteroatoms. The molecule has 0 amide bonds. The molecule has 2 aliphatic heterocycles. The van der Waals surface area contributed by atoms with Gasteiger partial charge in [-0.3, -0.25) is 0 Å². The molecule has 0 bridgehead atoms. The van der Waals surface area contributed by atoms with Crippen LogP contribution in [0.4, 0.5) is 0 Å². The van der Waals surface area contributed by atoms with Crippen LogP contribution >= 0.6 is 0 Å². The van der Waals surface area contributed by atoms with E-state index in [0.29, 0.717) is 5.92 Å². The van der Waals surface area contributed by atoms with Crippen LogP contribution in [0.3, 0.4) is 0 Å². The van der Waals surface area contributed by atoms with E-state index in [1.165, 1.54) is 0 Å². The highest BCUT2D eigenvalue weighted by Gasteiger charge is 2.37. The molecule has 2 rings (SSSR count). The molecule has 10 heavy (non-hydrogen) atoms. The van der Waals surface area contributed by atoms with E-state index in [9.17, 15) is 0 Å². The van der Waals surface area contributed by atoms with Gasteiger partial charge in [0.1, 0.15) is 6.10 Å². The van der Waals surface area contributed by atoms with Gasteiger partial charge in [0.2, 0.25) is 0 Å². The predicted molar refractivity (Wildman–Crippen MR) is 35.8 cm³/mol. The molecule has 1 fully saturated rings. The molecule has 2 atom stereocenters. The quantitative estimate of drug-likeness (QED) is 0.491. The number of oxime groups is 1. The lowest BCUT2D eigenvalue weighted by Gasteiger charge is -2.04. The highest BCUT2D eigenvalue weighted by atomic mass is 16.6. The molecule has 1 saturated heterocycles. The number of nitrogens with one attached hydrogen (secondary N) is 1. The Morgan fingerprint density at radius 3 is 3.40 bits per heavy atom. The van der Waals surface area contributed by atoms with Crippen molar-refractivity contribution in [2.75, 3.05) is 19.7 Å². The zero-order valence-corrected chi connectivity index (χ0v) is 5.58. The standard InChI is InChI=1S/C6H10N2O2/c9-3-5-4-1-7-2-6(4)10-8-5/h4,6-7,9H,1-3H2/t4-,6-/m1/s1. The maximum atomic E-state index is 8.77. The molecule has 0 radical (unpaired) electrons. The smallest absolute Gasteiger partial charge is 0.149 e. The fourth-order valence-electron chi connectivity index (χ4n) is 1.45. The Balaban J connectivity index is 2.10. The third kappa shape index (κ3) is 0.726.